The molecule has 0 radical (unpaired) electrons. The van der Waals surface area contributed by atoms with Crippen molar-refractivity contribution in [3.05, 3.63) is 52.5 Å². The van der Waals surface area contributed by atoms with Crippen LogP contribution in [-0.4, -0.2) is 7.11 Å². The van der Waals surface area contributed by atoms with Crippen molar-refractivity contribution in [2.45, 2.75) is 13.5 Å². The molecule has 0 saturated carbocycles. The van der Waals surface area contributed by atoms with E-state index in [-0.39, 0.29) is 0 Å². The van der Waals surface area contributed by atoms with Gasteiger partial charge in [-0.1, -0.05) is 11.6 Å². The van der Waals surface area contributed by atoms with Crippen LogP contribution in [0.3, 0.4) is 0 Å². The van der Waals surface area contributed by atoms with E-state index >= 15 is 0 Å². The third-order valence-electron chi connectivity index (χ3n) is 2.76. The second kappa shape index (κ2) is 5.85. The third-order valence-corrected chi connectivity index (χ3v) is 2.99. The molecule has 0 bridgehead atoms. The van der Waals surface area contributed by atoms with Crippen LogP contribution in [0.1, 0.15) is 11.1 Å². The van der Waals surface area contributed by atoms with Gasteiger partial charge in [0.25, 0.3) is 0 Å². The smallest absolute Gasteiger partial charge is 0.122 e. The average molecular weight is 278 g/mol. The third kappa shape index (κ3) is 3.55. The van der Waals surface area contributed by atoms with Crippen molar-refractivity contribution in [2.75, 3.05) is 12.8 Å². The molecule has 3 nitrogen and oxygen atoms in total. The molecule has 0 saturated heterocycles. The summed E-state index contributed by atoms with van der Waals surface area (Å²) >= 11 is 5.91. The summed E-state index contributed by atoms with van der Waals surface area (Å²) in [4.78, 5) is 0. The van der Waals surface area contributed by atoms with E-state index in [0.717, 1.165) is 22.6 Å². The van der Waals surface area contributed by atoms with Gasteiger partial charge in [0.2, 0.25) is 0 Å². The second-order valence-corrected chi connectivity index (χ2v) is 4.75. The van der Waals surface area contributed by atoms with Crippen molar-refractivity contribution in [1.29, 1.82) is 0 Å². The highest BCUT2D eigenvalue weighted by Crippen LogP contribution is 2.24. The van der Waals surface area contributed by atoms with E-state index in [4.69, 9.17) is 26.8 Å². The lowest BCUT2D eigenvalue weighted by Crippen LogP contribution is -1.99. The molecule has 0 atom stereocenters. The minimum absolute atomic E-state index is 0.434. The average Bonchev–Trinajstić information content (AvgIpc) is 2.37. The molecule has 0 aliphatic heterocycles. The van der Waals surface area contributed by atoms with Crippen LogP contribution in [0.2, 0.25) is 5.02 Å². The number of anilines is 1. The van der Waals surface area contributed by atoms with Crippen molar-refractivity contribution in [3.8, 4) is 11.5 Å². The second-order valence-electron chi connectivity index (χ2n) is 4.31. The van der Waals surface area contributed by atoms with E-state index in [1.807, 2.05) is 37.3 Å². The summed E-state index contributed by atoms with van der Waals surface area (Å²) < 4.78 is 10.9. The number of nitrogen functional groups attached to an aromatic ring is 1. The van der Waals surface area contributed by atoms with E-state index in [2.05, 4.69) is 0 Å². The van der Waals surface area contributed by atoms with Crippen molar-refractivity contribution in [2.24, 2.45) is 0 Å². The van der Waals surface area contributed by atoms with Crippen LogP contribution in [-0.2, 0) is 6.61 Å². The molecule has 0 spiro atoms. The molecule has 0 heterocycles. The van der Waals surface area contributed by atoms with E-state index < -0.39 is 0 Å². The zero-order valence-electron chi connectivity index (χ0n) is 10.9. The maximum absolute atomic E-state index is 5.91. The minimum Gasteiger partial charge on any atom is -0.497 e. The Bertz CT molecular complexity index is 584. The summed E-state index contributed by atoms with van der Waals surface area (Å²) in [5, 5.41) is 0.704. The highest BCUT2D eigenvalue weighted by atomic mass is 35.5. The zero-order valence-corrected chi connectivity index (χ0v) is 11.7. The number of benzene rings is 2. The largest absolute Gasteiger partial charge is 0.497 e. The lowest BCUT2D eigenvalue weighted by molar-refractivity contribution is 0.303. The number of methoxy groups -OCH3 is 1. The fraction of sp³-hybridized carbons (Fsp3) is 0.200. The van der Waals surface area contributed by atoms with Gasteiger partial charge in [0.15, 0.2) is 0 Å². The fourth-order valence-corrected chi connectivity index (χ4v) is 2.05. The molecule has 2 rings (SSSR count). The molecule has 19 heavy (non-hydrogen) atoms. The summed E-state index contributed by atoms with van der Waals surface area (Å²) in [7, 11) is 1.61. The molecular weight excluding hydrogens is 262 g/mol. The zero-order chi connectivity index (χ0) is 13.8. The molecule has 2 aromatic carbocycles. The monoisotopic (exact) mass is 277 g/mol. The van der Waals surface area contributed by atoms with Gasteiger partial charge in [0, 0.05) is 16.8 Å². The normalized spacial score (nSPS) is 10.3. The number of hydrogen-bond donors (Lipinski definition) is 1. The van der Waals surface area contributed by atoms with Crippen molar-refractivity contribution in [1.82, 2.24) is 0 Å². The van der Waals surface area contributed by atoms with Gasteiger partial charge in [-0.2, -0.15) is 0 Å². The molecule has 0 fully saturated rings. The van der Waals surface area contributed by atoms with E-state index in [1.165, 1.54) is 0 Å². The van der Waals surface area contributed by atoms with Crippen molar-refractivity contribution < 1.29 is 9.47 Å². The Kier molecular flexibility index (Phi) is 4.17. The molecule has 0 unspecified atom stereocenters. The van der Waals surface area contributed by atoms with Crippen LogP contribution in [0.4, 0.5) is 5.69 Å². The Morgan fingerprint density at radius 1 is 1.16 bits per heavy atom. The number of nitrogens with two attached hydrogens (primary N) is 1. The van der Waals surface area contributed by atoms with E-state index in [9.17, 15) is 0 Å². The highest BCUT2D eigenvalue weighted by molar-refractivity contribution is 6.30. The molecule has 4 heteroatoms. The number of rotatable bonds is 4. The van der Waals surface area contributed by atoms with E-state index in [1.54, 1.807) is 13.2 Å². The van der Waals surface area contributed by atoms with Crippen LogP contribution < -0.4 is 15.2 Å². The van der Waals surface area contributed by atoms with Gasteiger partial charge in [0.1, 0.15) is 18.1 Å². The topological polar surface area (TPSA) is 44.5 Å². The highest BCUT2D eigenvalue weighted by Gasteiger charge is 2.03. The lowest BCUT2D eigenvalue weighted by atomic mass is 10.2. The maximum Gasteiger partial charge on any atom is 0.122 e. The minimum atomic E-state index is 0.434. The molecule has 0 amide bonds. The molecule has 0 aliphatic rings. The van der Waals surface area contributed by atoms with Gasteiger partial charge < -0.3 is 15.2 Å². The summed E-state index contributed by atoms with van der Waals surface area (Å²) in [6.45, 7) is 2.39. The first-order valence-electron chi connectivity index (χ1n) is 5.91. The van der Waals surface area contributed by atoms with Gasteiger partial charge in [-0.25, -0.2) is 0 Å². The fourth-order valence-electron chi connectivity index (χ4n) is 1.82. The van der Waals surface area contributed by atoms with Crippen LogP contribution in [0, 0.1) is 6.92 Å². The van der Waals surface area contributed by atoms with E-state index in [0.29, 0.717) is 17.3 Å². The molecule has 0 aromatic heterocycles. The maximum atomic E-state index is 5.91. The Morgan fingerprint density at radius 3 is 2.63 bits per heavy atom. The molecule has 100 valence electrons. The van der Waals surface area contributed by atoms with Gasteiger partial charge in [-0.15, -0.1) is 0 Å². The van der Waals surface area contributed by atoms with Crippen molar-refractivity contribution >= 4 is 17.3 Å². The first-order chi connectivity index (χ1) is 9.08. The quantitative estimate of drug-likeness (QED) is 0.864. The summed E-state index contributed by atoms with van der Waals surface area (Å²) in [5.74, 6) is 1.54. The SMILES string of the molecule is COc1cc(N)cc(COc2ccc(Cl)cc2C)c1. The number of ether oxygens (including phenoxy) is 2. The summed E-state index contributed by atoms with van der Waals surface area (Å²) in [6.07, 6.45) is 0. The standard InChI is InChI=1S/C15H16ClNO2/c1-10-5-12(16)3-4-15(10)19-9-11-6-13(17)8-14(7-11)18-2/h3-8H,9,17H2,1-2H3. The Balaban J connectivity index is 2.12. The number of aryl methyl sites for hydroxylation is 1. The van der Waals surface area contributed by atoms with Crippen LogP contribution >= 0.6 is 11.6 Å². The van der Waals surface area contributed by atoms with Gasteiger partial charge in [0.05, 0.1) is 7.11 Å². The lowest BCUT2D eigenvalue weighted by Gasteiger charge is -2.11. The molecular formula is C15H16ClNO2. The Morgan fingerprint density at radius 2 is 1.95 bits per heavy atom. The van der Waals surface area contributed by atoms with Crippen LogP contribution in [0.5, 0.6) is 11.5 Å². The Labute approximate surface area is 117 Å². The van der Waals surface area contributed by atoms with Crippen LogP contribution in [0.25, 0.3) is 0 Å². The van der Waals surface area contributed by atoms with Gasteiger partial charge in [-0.3, -0.25) is 0 Å². The van der Waals surface area contributed by atoms with Gasteiger partial charge in [-0.05, 0) is 48.4 Å². The molecule has 2 N–H and O–H groups in total. The number of halogens is 1. The van der Waals surface area contributed by atoms with Gasteiger partial charge >= 0.3 is 0 Å². The predicted molar refractivity (Wildman–Crippen MR) is 77.9 cm³/mol. The van der Waals surface area contributed by atoms with Crippen LogP contribution in [0.15, 0.2) is 36.4 Å². The molecule has 2 aromatic rings. The Hall–Kier alpha value is -1.87. The predicted octanol–water partition coefficient (Wildman–Crippen LogP) is 3.82. The number of hydrogen-bond acceptors (Lipinski definition) is 3. The summed E-state index contributed by atoms with van der Waals surface area (Å²) in [5.41, 5.74) is 8.43. The first kappa shape index (κ1) is 13.6. The van der Waals surface area contributed by atoms with Crippen molar-refractivity contribution in [3.63, 3.8) is 0 Å². The molecule has 0 aliphatic carbocycles. The first-order valence-corrected chi connectivity index (χ1v) is 6.28. The summed E-state index contributed by atoms with van der Waals surface area (Å²) in [6, 6.07) is 11.1.